The standard InChI is InChI=1S/C19H21N5O/c1-13(2)14-8-10-16(11-9-14)25-12-17-22-18(20)24-19(23-17)21-15-6-4-3-5-7-15/h3-11,13H,12H2,1-2H3,(H3,20,21,22,23,24). The Hall–Kier alpha value is -3.15. The number of aromatic nitrogens is 3. The van der Waals surface area contributed by atoms with Gasteiger partial charge < -0.3 is 15.8 Å². The van der Waals surface area contributed by atoms with Crippen molar-refractivity contribution in [3.8, 4) is 5.75 Å². The maximum atomic E-state index is 5.78. The Kier molecular flexibility index (Phi) is 5.09. The van der Waals surface area contributed by atoms with Crippen molar-refractivity contribution in [3.63, 3.8) is 0 Å². The van der Waals surface area contributed by atoms with Gasteiger partial charge in [0.05, 0.1) is 0 Å². The Morgan fingerprint density at radius 2 is 1.68 bits per heavy atom. The van der Waals surface area contributed by atoms with Gasteiger partial charge in [-0.1, -0.05) is 44.2 Å². The van der Waals surface area contributed by atoms with Crippen molar-refractivity contribution < 1.29 is 4.74 Å². The fraction of sp³-hybridized carbons (Fsp3) is 0.211. The van der Waals surface area contributed by atoms with Gasteiger partial charge in [0.1, 0.15) is 12.4 Å². The highest BCUT2D eigenvalue weighted by Crippen LogP contribution is 2.19. The van der Waals surface area contributed by atoms with Crippen LogP contribution in [0.1, 0.15) is 31.2 Å². The van der Waals surface area contributed by atoms with E-state index in [1.807, 2.05) is 42.5 Å². The molecule has 0 aliphatic carbocycles. The first-order valence-corrected chi connectivity index (χ1v) is 8.15. The average molecular weight is 335 g/mol. The number of hydrogen-bond donors (Lipinski definition) is 2. The van der Waals surface area contributed by atoms with Gasteiger partial charge in [0, 0.05) is 5.69 Å². The highest BCUT2D eigenvalue weighted by atomic mass is 16.5. The van der Waals surface area contributed by atoms with Crippen molar-refractivity contribution in [1.29, 1.82) is 0 Å². The van der Waals surface area contributed by atoms with E-state index in [2.05, 4.69) is 46.2 Å². The number of anilines is 3. The summed E-state index contributed by atoms with van der Waals surface area (Å²) in [6.45, 7) is 4.53. The lowest BCUT2D eigenvalue weighted by Crippen LogP contribution is -2.09. The molecule has 3 aromatic rings. The van der Waals surface area contributed by atoms with Crippen molar-refractivity contribution in [2.24, 2.45) is 0 Å². The van der Waals surface area contributed by atoms with Gasteiger partial charge >= 0.3 is 0 Å². The monoisotopic (exact) mass is 335 g/mol. The van der Waals surface area contributed by atoms with Crippen LogP contribution in [0.25, 0.3) is 0 Å². The summed E-state index contributed by atoms with van der Waals surface area (Å²) in [4.78, 5) is 12.6. The first-order valence-electron chi connectivity index (χ1n) is 8.15. The fourth-order valence-electron chi connectivity index (χ4n) is 2.31. The quantitative estimate of drug-likeness (QED) is 0.710. The van der Waals surface area contributed by atoms with Gasteiger partial charge in [-0.2, -0.15) is 15.0 Å². The lowest BCUT2D eigenvalue weighted by Gasteiger charge is -2.10. The molecule has 6 heteroatoms. The molecule has 0 spiro atoms. The second-order valence-corrected chi connectivity index (χ2v) is 5.94. The number of nitrogens with zero attached hydrogens (tertiary/aromatic N) is 3. The third kappa shape index (κ3) is 4.67. The third-order valence-corrected chi connectivity index (χ3v) is 3.64. The number of nitrogen functional groups attached to an aromatic ring is 1. The van der Waals surface area contributed by atoms with E-state index in [-0.39, 0.29) is 12.6 Å². The molecule has 0 aliphatic heterocycles. The molecule has 0 unspecified atom stereocenters. The van der Waals surface area contributed by atoms with Crippen LogP contribution in [0.4, 0.5) is 17.6 Å². The van der Waals surface area contributed by atoms with Crippen LogP contribution in [0.15, 0.2) is 54.6 Å². The zero-order valence-electron chi connectivity index (χ0n) is 14.3. The highest BCUT2D eigenvalue weighted by Gasteiger charge is 2.06. The molecule has 0 radical (unpaired) electrons. The smallest absolute Gasteiger partial charge is 0.232 e. The number of hydrogen-bond acceptors (Lipinski definition) is 6. The summed E-state index contributed by atoms with van der Waals surface area (Å²) in [5, 5.41) is 3.11. The average Bonchev–Trinajstić information content (AvgIpc) is 2.61. The van der Waals surface area contributed by atoms with E-state index in [9.17, 15) is 0 Å². The van der Waals surface area contributed by atoms with E-state index < -0.39 is 0 Å². The molecule has 0 aliphatic rings. The van der Waals surface area contributed by atoms with Crippen LogP contribution >= 0.6 is 0 Å². The predicted octanol–water partition coefficient (Wildman–Crippen LogP) is 3.90. The molecule has 128 valence electrons. The summed E-state index contributed by atoms with van der Waals surface area (Å²) in [5.74, 6) is 2.28. The Morgan fingerprint density at radius 1 is 0.960 bits per heavy atom. The zero-order valence-corrected chi connectivity index (χ0v) is 14.3. The summed E-state index contributed by atoms with van der Waals surface area (Å²) in [6.07, 6.45) is 0. The van der Waals surface area contributed by atoms with Crippen LogP contribution < -0.4 is 15.8 Å². The molecule has 0 atom stereocenters. The second-order valence-electron chi connectivity index (χ2n) is 5.94. The van der Waals surface area contributed by atoms with E-state index in [1.165, 1.54) is 5.56 Å². The largest absolute Gasteiger partial charge is 0.486 e. The zero-order chi connectivity index (χ0) is 17.6. The van der Waals surface area contributed by atoms with Crippen LogP contribution in [0, 0.1) is 0 Å². The lowest BCUT2D eigenvalue weighted by molar-refractivity contribution is 0.295. The summed E-state index contributed by atoms with van der Waals surface area (Å²) in [7, 11) is 0. The number of para-hydroxylation sites is 1. The number of nitrogens with one attached hydrogen (secondary N) is 1. The predicted molar refractivity (Wildman–Crippen MR) is 98.8 cm³/mol. The maximum absolute atomic E-state index is 5.78. The van der Waals surface area contributed by atoms with Crippen LogP contribution in [-0.4, -0.2) is 15.0 Å². The first-order chi connectivity index (χ1) is 12.1. The Morgan fingerprint density at radius 3 is 2.36 bits per heavy atom. The Balaban J connectivity index is 1.68. The molecule has 3 rings (SSSR count). The normalized spacial score (nSPS) is 10.7. The Labute approximate surface area is 147 Å². The van der Waals surface area contributed by atoms with E-state index in [4.69, 9.17) is 10.5 Å². The Bertz CT molecular complexity index is 819. The van der Waals surface area contributed by atoms with Gasteiger partial charge in [0.2, 0.25) is 11.9 Å². The molecule has 3 N–H and O–H groups in total. The lowest BCUT2D eigenvalue weighted by atomic mass is 10.0. The molecule has 0 fully saturated rings. The van der Waals surface area contributed by atoms with Crippen molar-refractivity contribution in [2.45, 2.75) is 26.4 Å². The second kappa shape index (κ2) is 7.61. The molecule has 0 bridgehead atoms. The van der Waals surface area contributed by atoms with Crippen molar-refractivity contribution in [2.75, 3.05) is 11.1 Å². The van der Waals surface area contributed by atoms with Crippen molar-refractivity contribution >= 4 is 17.6 Å². The number of nitrogens with two attached hydrogens (primary N) is 1. The minimum absolute atomic E-state index is 0.155. The first kappa shape index (κ1) is 16.7. The molecule has 1 aromatic heterocycles. The number of rotatable bonds is 6. The SMILES string of the molecule is CC(C)c1ccc(OCc2nc(N)nc(Nc3ccccc3)n2)cc1. The maximum Gasteiger partial charge on any atom is 0.232 e. The molecule has 25 heavy (non-hydrogen) atoms. The van der Waals surface area contributed by atoms with E-state index >= 15 is 0 Å². The minimum atomic E-state index is 0.155. The van der Waals surface area contributed by atoms with Crippen molar-refractivity contribution in [3.05, 3.63) is 66.0 Å². The van der Waals surface area contributed by atoms with Crippen LogP contribution in [0.2, 0.25) is 0 Å². The number of benzene rings is 2. The van der Waals surface area contributed by atoms with Gasteiger partial charge in [0.25, 0.3) is 0 Å². The van der Waals surface area contributed by atoms with E-state index in [0.717, 1.165) is 11.4 Å². The fourth-order valence-corrected chi connectivity index (χ4v) is 2.31. The summed E-state index contributed by atoms with van der Waals surface area (Å²) >= 11 is 0. The summed E-state index contributed by atoms with van der Waals surface area (Å²) < 4.78 is 5.75. The summed E-state index contributed by atoms with van der Waals surface area (Å²) in [6, 6.07) is 17.7. The molecule has 6 nitrogen and oxygen atoms in total. The van der Waals surface area contributed by atoms with Gasteiger partial charge in [0.15, 0.2) is 5.82 Å². The van der Waals surface area contributed by atoms with Crippen LogP contribution in [0.5, 0.6) is 5.75 Å². The molecule has 0 saturated heterocycles. The van der Waals surface area contributed by atoms with Crippen LogP contribution in [-0.2, 0) is 6.61 Å². The highest BCUT2D eigenvalue weighted by molar-refractivity contribution is 5.53. The molecule has 0 saturated carbocycles. The topological polar surface area (TPSA) is 86.0 Å². The third-order valence-electron chi connectivity index (χ3n) is 3.64. The van der Waals surface area contributed by atoms with E-state index in [1.54, 1.807) is 0 Å². The van der Waals surface area contributed by atoms with E-state index in [0.29, 0.717) is 17.7 Å². The van der Waals surface area contributed by atoms with Gasteiger partial charge in [-0.25, -0.2) is 0 Å². The number of ether oxygens (including phenoxy) is 1. The van der Waals surface area contributed by atoms with Crippen molar-refractivity contribution in [1.82, 2.24) is 15.0 Å². The molecule has 2 aromatic carbocycles. The van der Waals surface area contributed by atoms with Gasteiger partial charge in [-0.15, -0.1) is 0 Å². The van der Waals surface area contributed by atoms with Gasteiger partial charge in [-0.3, -0.25) is 0 Å². The van der Waals surface area contributed by atoms with Gasteiger partial charge in [-0.05, 0) is 35.7 Å². The summed E-state index contributed by atoms with van der Waals surface area (Å²) in [5.41, 5.74) is 7.93. The minimum Gasteiger partial charge on any atom is -0.486 e. The molecular weight excluding hydrogens is 314 g/mol. The molecule has 1 heterocycles. The molecule has 0 amide bonds. The van der Waals surface area contributed by atoms with Crippen LogP contribution in [0.3, 0.4) is 0 Å². The molecular formula is C19H21N5O.